The van der Waals surface area contributed by atoms with Crippen molar-refractivity contribution in [3.63, 3.8) is 0 Å². The van der Waals surface area contributed by atoms with Crippen LogP contribution in [0, 0.1) is 17.3 Å². The van der Waals surface area contributed by atoms with Gasteiger partial charge in [-0.2, -0.15) is 10.2 Å². The predicted octanol–water partition coefficient (Wildman–Crippen LogP) is 3.88. The van der Waals surface area contributed by atoms with E-state index in [0.717, 1.165) is 12.8 Å². The summed E-state index contributed by atoms with van der Waals surface area (Å²) in [5.74, 6) is -3.52. The van der Waals surface area contributed by atoms with Crippen LogP contribution in [0.2, 0.25) is 0 Å². The molecule has 35 heavy (non-hydrogen) atoms. The molecule has 9 nitrogen and oxygen atoms in total. The zero-order valence-electron chi connectivity index (χ0n) is 20.5. The summed E-state index contributed by atoms with van der Waals surface area (Å²) in [7, 11) is 0. The van der Waals surface area contributed by atoms with E-state index in [1.54, 1.807) is 28.9 Å². The molecule has 2 aromatic heterocycles. The van der Waals surface area contributed by atoms with Crippen molar-refractivity contribution in [2.24, 2.45) is 17.3 Å². The first-order valence-electron chi connectivity index (χ1n) is 12.1. The van der Waals surface area contributed by atoms with Gasteiger partial charge in [0.25, 0.3) is 11.8 Å². The fourth-order valence-corrected chi connectivity index (χ4v) is 5.40. The van der Waals surface area contributed by atoms with Gasteiger partial charge in [-0.05, 0) is 46.0 Å². The van der Waals surface area contributed by atoms with Crippen molar-refractivity contribution in [2.75, 3.05) is 18.4 Å². The summed E-state index contributed by atoms with van der Waals surface area (Å²) in [5.41, 5.74) is 0.362. The van der Waals surface area contributed by atoms with Gasteiger partial charge >= 0.3 is 6.09 Å². The Hall–Kier alpha value is -2.98. The summed E-state index contributed by atoms with van der Waals surface area (Å²) in [5, 5.41) is 14.1. The Balaban J connectivity index is 1.14. The first kappa shape index (κ1) is 23.7. The second-order valence-corrected chi connectivity index (χ2v) is 11.3. The molecule has 0 radical (unpaired) electrons. The molecule has 3 aliphatic rings. The molecule has 2 fully saturated rings. The van der Waals surface area contributed by atoms with E-state index in [4.69, 9.17) is 4.74 Å². The number of aromatic nitrogens is 4. The minimum Gasteiger partial charge on any atom is -0.444 e. The molecule has 2 atom stereocenters. The third-order valence-electron chi connectivity index (χ3n) is 7.61. The van der Waals surface area contributed by atoms with Crippen LogP contribution in [-0.2, 0) is 24.1 Å². The monoisotopic (exact) mass is 490 g/mol. The van der Waals surface area contributed by atoms with Crippen LogP contribution in [0.25, 0.3) is 0 Å². The second-order valence-electron chi connectivity index (χ2n) is 11.3. The van der Waals surface area contributed by atoms with Crippen LogP contribution in [0.1, 0.15) is 62.3 Å². The Morgan fingerprint density at radius 2 is 2.00 bits per heavy atom. The van der Waals surface area contributed by atoms with E-state index in [2.05, 4.69) is 20.6 Å². The summed E-state index contributed by atoms with van der Waals surface area (Å²) in [6.07, 6.45) is 5.07. The molecule has 0 aromatic carbocycles. The number of amides is 2. The van der Waals surface area contributed by atoms with E-state index in [1.807, 2.05) is 20.8 Å². The Morgan fingerprint density at radius 1 is 1.29 bits per heavy atom. The molecule has 1 saturated carbocycles. The van der Waals surface area contributed by atoms with Gasteiger partial charge in [0.15, 0.2) is 5.69 Å². The lowest BCUT2D eigenvalue weighted by atomic mass is 9.87. The molecule has 2 aromatic rings. The van der Waals surface area contributed by atoms with Crippen molar-refractivity contribution in [3.05, 3.63) is 29.3 Å². The molecule has 1 saturated heterocycles. The van der Waals surface area contributed by atoms with Crippen LogP contribution < -0.4 is 5.32 Å². The molecule has 11 heteroatoms. The van der Waals surface area contributed by atoms with E-state index >= 15 is 0 Å². The van der Waals surface area contributed by atoms with E-state index in [-0.39, 0.29) is 24.6 Å². The summed E-state index contributed by atoms with van der Waals surface area (Å²) < 4.78 is 35.5. The molecule has 5 rings (SSSR count). The highest BCUT2D eigenvalue weighted by Gasteiger charge is 2.78. The van der Waals surface area contributed by atoms with Crippen LogP contribution in [0.4, 0.5) is 19.3 Å². The van der Waals surface area contributed by atoms with Crippen molar-refractivity contribution in [2.45, 2.75) is 71.4 Å². The number of halogens is 2. The number of alkyl halides is 2. The number of anilines is 1. The molecule has 0 spiro atoms. The predicted molar refractivity (Wildman–Crippen MR) is 123 cm³/mol. The standard InChI is InChI=1S/C24H32F2N6O3/c1-22(2,3)35-21(34)31-7-5-14(6-8-31)12-32-13-15(11-27-32)28-20(33)19-16-9-18-23(4,24(18,25)26)10-17(16)29-30-19/h11,13-14,18H,5-10,12H2,1-4H3,(H,28,33)(H,29,30)/t18-,23+/m0/s1. The molecule has 2 N–H and O–H groups in total. The molecule has 190 valence electrons. The zero-order chi connectivity index (χ0) is 25.2. The number of likely N-dealkylation sites (tertiary alicyclic amines) is 1. The van der Waals surface area contributed by atoms with Crippen molar-refractivity contribution in [3.8, 4) is 0 Å². The lowest BCUT2D eigenvalue weighted by Crippen LogP contribution is -2.42. The van der Waals surface area contributed by atoms with E-state index < -0.39 is 28.8 Å². The summed E-state index contributed by atoms with van der Waals surface area (Å²) in [4.78, 5) is 26.8. The number of aromatic amines is 1. The van der Waals surface area contributed by atoms with Gasteiger partial charge in [-0.1, -0.05) is 6.92 Å². The average molecular weight is 491 g/mol. The van der Waals surface area contributed by atoms with Crippen LogP contribution >= 0.6 is 0 Å². The molecule has 0 unspecified atom stereocenters. The molecular formula is C24H32F2N6O3. The molecule has 2 amide bonds. The highest BCUT2D eigenvalue weighted by molar-refractivity contribution is 6.04. The lowest BCUT2D eigenvalue weighted by Gasteiger charge is -2.33. The molecule has 0 bridgehead atoms. The number of hydrogen-bond acceptors (Lipinski definition) is 5. The van der Waals surface area contributed by atoms with Crippen molar-refractivity contribution < 1.29 is 23.1 Å². The van der Waals surface area contributed by atoms with Crippen LogP contribution in [0.15, 0.2) is 12.4 Å². The van der Waals surface area contributed by atoms with Crippen LogP contribution in [0.5, 0.6) is 0 Å². The topological polar surface area (TPSA) is 105 Å². The van der Waals surface area contributed by atoms with E-state index in [9.17, 15) is 18.4 Å². The maximum atomic E-state index is 14.2. The lowest BCUT2D eigenvalue weighted by molar-refractivity contribution is 0.0177. The minimum absolute atomic E-state index is 0.152. The van der Waals surface area contributed by atoms with Gasteiger partial charge in [-0.25, -0.2) is 13.6 Å². The van der Waals surface area contributed by atoms with Crippen molar-refractivity contribution >= 4 is 17.7 Å². The molecular weight excluding hydrogens is 458 g/mol. The highest BCUT2D eigenvalue weighted by atomic mass is 19.3. The van der Waals surface area contributed by atoms with Crippen LogP contribution in [0.3, 0.4) is 0 Å². The maximum absolute atomic E-state index is 14.2. The SMILES string of the molecule is CC(C)(C)OC(=O)N1CCC(Cn2cc(NC(=O)c3n[nH]c4c3C[C@@H]3C(F)(F)[C@]3(C)C4)cn2)CC1. The third kappa shape index (κ3) is 4.29. The van der Waals surface area contributed by atoms with Gasteiger partial charge < -0.3 is 15.0 Å². The van der Waals surface area contributed by atoms with Gasteiger partial charge in [0.1, 0.15) is 5.60 Å². The summed E-state index contributed by atoms with van der Waals surface area (Å²) >= 11 is 0. The number of H-pyrrole nitrogens is 1. The number of piperidine rings is 1. The van der Waals surface area contributed by atoms with Gasteiger partial charge in [-0.15, -0.1) is 0 Å². The number of fused-ring (bicyclic) bond motifs is 2. The van der Waals surface area contributed by atoms with Gasteiger partial charge in [0.05, 0.1) is 11.9 Å². The number of carbonyl (C=O) groups is 2. The smallest absolute Gasteiger partial charge is 0.410 e. The molecule has 2 aliphatic carbocycles. The largest absolute Gasteiger partial charge is 0.444 e. The number of carbonyl (C=O) groups excluding carboxylic acids is 2. The minimum atomic E-state index is -2.70. The highest BCUT2D eigenvalue weighted by Crippen LogP contribution is 2.70. The van der Waals surface area contributed by atoms with Gasteiger partial charge in [-0.3, -0.25) is 14.6 Å². The zero-order valence-corrected chi connectivity index (χ0v) is 20.5. The summed E-state index contributed by atoms with van der Waals surface area (Å²) in [6.45, 7) is 9.10. The first-order valence-corrected chi connectivity index (χ1v) is 12.1. The second kappa shape index (κ2) is 8.03. The maximum Gasteiger partial charge on any atom is 0.410 e. The Labute approximate surface area is 202 Å². The molecule has 3 heterocycles. The quantitative estimate of drug-likeness (QED) is 0.677. The first-order chi connectivity index (χ1) is 16.4. The van der Waals surface area contributed by atoms with Gasteiger partial charge in [0.2, 0.25) is 0 Å². The number of ether oxygens (including phenoxy) is 1. The normalized spacial score (nSPS) is 25.5. The average Bonchev–Trinajstić information content (AvgIpc) is 3.18. The Bertz CT molecular complexity index is 1140. The van der Waals surface area contributed by atoms with Crippen molar-refractivity contribution in [1.29, 1.82) is 0 Å². The van der Waals surface area contributed by atoms with Crippen molar-refractivity contribution in [1.82, 2.24) is 24.9 Å². The van der Waals surface area contributed by atoms with E-state index in [1.165, 1.54) is 0 Å². The third-order valence-corrected chi connectivity index (χ3v) is 7.61. The number of rotatable bonds is 4. The Morgan fingerprint density at radius 3 is 2.69 bits per heavy atom. The number of nitrogens with one attached hydrogen (secondary N) is 2. The molecule has 1 aliphatic heterocycles. The van der Waals surface area contributed by atoms with Crippen LogP contribution in [-0.4, -0.2) is 61.5 Å². The van der Waals surface area contributed by atoms with Gasteiger partial charge in [0, 0.05) is 54.8 Å². The van der Waals surface area contributed by atoms with E-state index in [0.29, 0.717) is 42.5 Å². The fourth-order valence-electron chi connectivity index (χ4n) is 5.40. The summed E-state index contributed by atoms with van der Waals surface area (Å²) in [6, 6.07) is 0. The Kier molecular flexibility index (Phi) is 5.45. The number of nitrogens with zero attached hydrogens (tertiary/aromatic N) is 4. The fraction of sp³-hybridized carbons (Fsp3) is 0.667. The number of hydrogen-bond donors (Lipinski definition) is 2.